The average molecular weight is 332 g/mol. The van der Waals surface area contributed by atoms with Gasteiger partial charge in [-0.15, -0.1) is 5.92 Å². The van der Waals surface area contributed by atoms with E-state index in [2.05, 4.69) is 17.0 Å². The van der Waals surface area contributed by atoms with Gasteiger partial charge in [-0.1, -0.05) is 41.4 Å². The zero-order valence-corrected chi connectivity index (χ0v) is 14.1. The molecule has 4 nitrogen and oxygen atoms in total. The topological polar surface area (TPSA) is 61.3 Å². The smallest absolute Gasteiger partial charge is 0.139 e. The fraction of sp³-hybridized carbons (Fsp3) is 0.190. The van der Waals surface area contributed by atoms with Crippen molar-refractivity contribution < 1.29 is 9.26 Å². The third-order valence-corrected chi connectivity index (χ3v) is 3.71. The van der Waals surface area contributed by atoms with Crippen LogP contribution >= 0.6 is 0 Å². The van der Waals surface area contributed by atoms with Gasteiger partial charge in [0.05, 0.1) is 6.04 Å². The fourth-order valence-corrected chi connectivity index (χ4v) is 2.46. The Balaban J connectivity index is 1.62. The number of hydrogen-bond acceptors (Lipinski definition) is 4. The second kappa shape index (κ2) is 8.18. The molecule has 0 amide bonds. The number of rotatable bonds is 6. The Hall–Kier alpha value is -3.03. The van der Waals surface area contributed by atoms with Gasteiger partial charge < -0.3 is 15.0 Å². The van der Waals surface area contributed by atoms with E-state index >= 15 is 0 Å². The van der Waals surface area contributed by atoms with E-state index in [4.69, 9.17) is 15.0 Å². The van der Waals surface area contributed by atoms with Crippen LogP contribution in [0.1, 0.15) is 18.2 Å². The summed E-state index contributed by atoms with van der Waals surface area (Å²) in [6.45, 7) is 2.32. The Morgan fingerprint density at radius 2 is 1.88 bits per heavy atom. The van der Waals surface area contributed by atoms with Crippen LogP contribution in [0.4, 0.5) is 0 Å². The molecule has 1 atom stereocenters. The quantitative estimate of drug-likeness (QED) is 0.697. The molecule has 1 unspecified atom stereocenters. The van der Waals surface area contributed by atoms with Crippen LogP contribution in [0, 0.1) is 11.8 Å². The van der Waals surface area contributed by atoms with Gasteiger partial charge in [-0.2, -0.15) is 0 Å². The standard InChI is InChI=1S/C21H20N2O2/c1-2-6-18(22)13-20-14-21(23-25-20)17-9-11-19(12-10-17)24-15-16-7-4-3-5-8-16/h3-5,7-12,14,18H,13,15,22H2,1H3. The first-order chi connectivity index (χ1) is 12.2. The highest BCUT2D eigenvalue weighted by atomic mass is 16.5. The molecule has 0 aliphatic carbocycles. The molecule has 0 bridgehead atoms. The lowest BCUT2D eigenvalue weighted by atomic mass is 10.1. The highest BCUT2D eigenvalue weighted by molar-refractivity contribution is 5.59. The zero-order valence-electron chi connectivity index (χ0n) is 14.1. The van der Waals surface area contributed by atoms with Gasteiger partial charge in [0.25, 0.3) is 0 Å². The van der Waals surface area contributed by atoms with E-state index < -0.39 is 0 Å². The van der Waals surface area contributed by atoms with Gasteiger partial charge in [-0.05, 0) is 36.8 Å². The van der Waals surface area contributed by atoms with Crippen molar-refractivity contribution in [2.45, 2.75) is 26.0 Å². The van der Waals surface area contributed by atoms with Gasteiger partial charge in [0.1, 0.15) is 23.8 Å². The molecule has 2 aromatic carbocycles. The van der Waals surface area contributed by atoms with Gasteiger partial charge in [0.2, 0.25) is 0 Å². The van der Waals surface area contributed by atoms with Crippen LogP contribution < -0.4 is 10.5 Å². The summed E-state index contributed by atoms with van der Waals surface area (Å²) in [5.74, 6) is 7.25. The minimum Gasteiger partial charge on any atom is -0.489 e. The predicted octanol–water partition coefficient (Wildman–Crippen LogP) is 3.81. The van der Waals surface area contributed by atoms with E-state index in [0.717, 1.165) is 28.3 Å². The maximum Gasteiger partial charge on any atom is 0.139 e. The number of ether oxygens (including phenoxy) is 1. The molecule has 0 saturated carbocycles. The number of nitrogens with two attached hydrogens (primary N) is 1. The molecule has 126 valence electrons. The van der Waals surface area contributed by atoms with E-state index in [-0.39, 0.29) is 6.04 Å². The molecule has 0 radical (unpaired) electrons. The van der Waals surface area contributed by atoms with Crippen molar-refractivity contribution in [3.05, 3.63) is 72.0 Å². The molecule has 3 rings (SSSR count). The van der Waals surface area contributed by atoms with Crippen molar-refractivity contribution in [1.29, 1.82) is 0 Å². The summed E-state index contributed by atoms with van der Waals surface area (Å²) >= 11 is 0. The van der Waals surface area contributed by atoms with Gasteiger partial charge in [-0.25, -0.2) is 0 Å². The summed E-state index contributed by atoms with van der Waals surface area (Å²) in [4.78, 5) is 0. The van der Waals surface area contributed by atoms with Crippen LogP contribution in [-0.4, -0.2) is 11.2 Å². The molecule has 1 aromatic heterocycles. The number of hydrogen-bond donors (Lipinski definition) is 1. The number of nitrogens with zero attached hydrogens (tertiary/aromatic N) is 1. The summed E-state index contributed by atoms with van der Waals surface area (Å²) in [5, 5.41) is 4.10. The second-order valence-electron chi connectivity index (χ2n) is 5.68. The Bertz CT molecular complexity index is 858. The van der Waals surface area contributed by atoms with E-state index in [9.17, 15) is 0 Å². The number of aromatic nitrogens is 1. The zero-order chi connectivity index (χ0) is 17.5. The maximum absolute atomic E-state index is 5.89. The first-order valence-electron chi connectivity index (χ1n) is 8.15. The van der Waals surface area contributed by atoms with Crippen molar-refractivity contribution in [2.24, 2.45) is 5.73 Å². The largest absolute Gasteiger partial charge is 0.489 e. The number of benzene rings is 2. The molecule has 2 N–H and O–H groups in total. The molecule has 0 fully saturated rings. The molecule has 4 heteroatoms. The van der Waals surface area contributed by atoms with E-state index in [1.54, 1.807) is 6.92 Å². The summed E-state index contributed by atoms with van der Waals surface area (Å²) < 4.78 is 11.1. The van der Waals surface area contributed by atoms with Crippen LogP contribution in [0.2, 0.25) is 0 Å². The molecule has 0 aliphatic rings. The molecular weight excluding hydrogens is 312 g/mol. The average Bonchev–Trinajstić information content (AvgIpc) is 3.10. The first-order valence-corrected chi connectivity index (χ1v) is 8.15. The van der Waals surface area contributed by atoms with Gasteiger partial charge >= 0.3 is 0 Å². The molecule has 1 heterocycles. The molecule has 3 aromatic rings. The highest BCUT2D eigenvalue weighted by Crippen LogP contribution is 2.23. The van der Waals surface area contributed by atoms with Gasteiger partial charge in [-0.3, -0.25) is 0 Å². The SMILES string of the molecule is CC#CC(N)Cc1cc(-c2ccc(OCc3ccccc3)cc2)no1. The van der Waals surface area contributed by atoms with Crippen molar-refractivity contribution in [3.8, 4) is 28.8 Å². The molecule has 0 aliphatic heterocycles. The molecule has 0 saturated heterocycles. The van der Waals surface area contributed by atoms with Crippen LogP contribution in [0.5, 0.6) is 5.75 Å². The Labute approximate surface area is 147 Å². The second-order valence-corrected chi connectivity index (χ2v) is 5.68. The Morgan fingerprint density at radius 1 is 1.12 bits per heavy atom. The Morgan fingerprint density at radius 3 is 2.60 bits per heavy atom. The lowest BCUT2D eigenvalue weighted by Crippen LogP contribution is -2.19. The third-order valence-electron chi connectivity index (χ3n) is 3.71. The first kappa shape index (κ1) is 16.8. The summed E-state index contributed by atoms with van der Waals surface area (Å²) in [7, 11) is 0. The normalized spacial score (nSPS) is 11.4. The van der Waals surface area contributed by atoms with Crippen LogP contribution in [-0.2, 0) is 13.0 Å². The van der Waals surface area contributed by atoms with Crippen molar-refractivity contribution >= 4 is 0 Å². The van der Waals surface area contributed by atoms with E-state index in [1.807, 2.05) is 60.7 Å². The highest BCUT2D eigenvalue weighted by Gasteiger charge is 2.09. The van der Waals surface area contributed by atoms with Crippen molar-refractivity contribution in [2.75, 3.05) is 0 Å². The van der Waals surface area contributed by atoms with Crippen LogP contribution in [0.3, 0.4) is 0 Å². The summed E-state index contributed by atoms with van der Waals surface area (Å²) in [6, 6.07) is 19.5. The minimum atomic E-state index is -0.237. The van der Waals surface area contributed by atoms with Gasteiger partial charge in [0.15, 0.2) is 0 Å². The lowest BCUT2D eigenvalue weighted by Gasteiger charge is -2.06. The van der Waals surface area contributed by atoms with Crippen molar-refractivity contribution in [3.63, 3.8) is 0 Å². The van der Waals surface area contributed by atoms with Gasteiger partial charge in [0, 0.05) is 18.1 Å². The summed E-state index contributed by atoms with van der Waals surface area (Å²) in [5.41, 5.74) is 8.77. The Kier molecular flexibility index (Phi) is 5.50. The third kappa shape index (κ3) is 4.72. The van der Waals surface area contributed by atoms with Crippen LogP contribution in [0.15, 0.2) is 65.2 Å². The monoisotopic (exact) mass is 332 g/mol. The predicted molar refractivity (Wildman–Crippen MR) is 97.8 cm³/mol. The van der Waals surface area contributed by atoms with E-state index in [1.165, 1.54) is 0 Å². The molecule has 25 heavy (non-hydrogen) atoms. The van der Waals surface area contributed by atoms with E-state index in [0.29, 0.717) is 13.0 Å². The maximum atomic E-state index is 5.89. The van der Waals surface area contributed by atoms with Crippen molar-refractivity contribution in [1.82, 2.24) is 5.16 Å². The lowest BCUT2D eigenvalue weighted by molar-refractivity contribution is 0.306. The minimum absolute atomic E-state index is 0.237. The summed E-state index contributed by atoms with van der Waals surface area (Å²) in [6.07, 6.45) is 0.548. The fourth-order valence-electron chi connectivity index (χ4n) is 2.46. The molecule has 0 spiro atoms. The molecular formula is C21H20N2O2. The van der Waals surface area contributed by atoms with Crippen LogP contribution in [0.25, 0.3) is 11.3 Å².